The second kappa shape index (κ2) is 13.5. The molecule has 0 spiro atoms. The van der Waals surface area contributed by atoms with Gasteiger partial charge in [-0.1, -0.05) is 50.3 Å². The van der Waals surface area contributed by atoms with Crippen molar-refractivity contribution >= 4 is 47.0 Å². The zero-order valence-electron chi connectivity index (χ0n) is 19.4. The van der Waals surface area contributed by atoms with Gasteiger partial charge >= 0.3 is 5.97 Å². The molecule has 2 rings (SSSR count). The van der Waals surface area contributed by atoms with Gasteiger partial charge in [0.05, 0.1) is 12.2 Å². The number of hydrogen-bond acceptors (Lipinski definition) is 6. The summed E-state index contributed by atoms with van der Waals surface area (Å²) >= 11 is 5.75. The third-order valence-electron chi connectivity index (χ3n) is 5.41. The van der Waals surface area contributed by atoms with Crippen LogP contribution in [0, 0.1) is 11.8 Å². The molecule has 8 heteroatoms. The van der Waals surface area contributed by atoms with Gasteiger partial charge in [-0.3, -0.25) is 4.79 Å². The number of ether oxygens (including phenoxy) is 1. The molecule has 0 aliphatic rings. The van der Waals surface area contributed by atoms with E-state index in [4.69, 9.17) is 10.5 Å². The number of carbonyl (C=O) groups excluding carboxylic acids is 1. The first-order chi connectivity index (χ1) is 15.8. The Morgan fingerprint density at radius 3 is 2.45 bits per heavy atom. The van der Waals surface area contributed by atoms with Gasteiger partial charge in [0.25, 0.3) is 5.91 Å². The number of rotatable bonds is 13. The van der Waals surface area contributed by atoms with Crippen LogP contribution in [0.2, 0.25) is 0 Å². The van der Waals surface area contributed by atoms with E-state index in [9.17, 15) is 14.7 Å². The fourth-order valence-electron chi connectivity index (χ4n) is 3.25. The van der Waals surface area contributed by atoms with Gasteiger partial charge in [0.1, 0.15) is 11.8 Å². The number of thiol groups is 1. The molecule has 1 amide bonds. The van der Waals surface area contributed by atoms with Crippen molar-refractivity contribution in [1.82, 2.24) is 5.32 Å². The number of fused-ring (bicyclic) bond motifs is 1. The van der Waals surface area contributed by atoms with Crippen LogP contribution < -0.4 is 15.8 Å². The Balaban J connectivity index is 2.32. The van der Waals surface area contributed by atoms with Crippen LogP contribution in [0.5, 0.6) is 5.75 Å². The Kier molecular flexibility index (Phi) is 11.1. The maximum Gasteiger partial charge on any atom is 0.326 e. The molecular weight excluding hydrogens is 456 g/mol. The lowest BCUT2D eigenvalue weighted by atomic mass is 9.95. The van der Waals surface area contributed by atoms with Crippen LogP contribution in [0.15, 0.2) is 48.6 Å². The van der Waals surface area contributed by atoms with Gasteiger partial charge in [-0.25, -0.2) is 4.79 Å². The fraction of sp³-hybridized carbons (Fsp3) is 0.440. The number of hydrogen-bond donors (Lipinski definition) is 4. The van der Waals surface area contributed by atoms with E-state index in [0.29, 0.717) is 41.8 Å². The monoisotopic (exact) mass is 490 g/mol. The first-order valence-electron chi connectivity index (χ1n) is 11.0. The summed E-state index contributed by atoms with van der Waals surface area (Å²) in [5, 5.41) is 14.0. The van der Waals surface area contributed by atoms with Gasteiger partial charge < -0.3 is 20.9 Å². The highest BCUT2D eigenvalue weighted by molar-refractivity contribution is 7.98. The molecule has 0 saturated carbocycles. The van der Waals surface area contributed by atoms with E-state index in [1.807, 2.05) is 48.7 Å². The van der Waals surface area contributed by atoms with Gasteiger partial charge in [-0.2, -0.15) is 24.4 Å². The fourth-order valence-corrected chi connectivity index (χ4v) is 3.84. The van der Waals surface area contributed by atoms with E-state index < -0.39 is 17.9 Å². The summed E-state index contributed by atoms with van der Waals surface area (Å²) in [6.45, 7) is 4.56. The number of nitrogens with two attached hydrogens (primary N) is 1. The van der Waals surface area contributed by atoms with Crippen molar-refractivity contribution in [2.24, 2.45) is 17.6 Å². The molecule has 0 heterocycles. The highest BCUT2D eigenvalue weighted by Crippen LogP contribution is 2.28. The van der Waals surface area contributed by atoms with Gasteiger partial charge in [0.2, 0.25) is 0 Å². The van der Waals surface area contributed by atoms with E-state index in [-0.39, 0.29) is 12.0 Å². The summed E-state index contributed by atoms with van der Waals surface area (Å²) in [7, 11) is 0. The average Bonchev–Trinajstić information content (AvgIpc) is 2.80. The van der Waals surface area contributed by atoms with Gasteiger partial charge in [0.15, 0.2) is 0 Å². The lowest BCUT2D eigenvalue weighted by Crippen LogP contribution is -2.41. The van der Waals surface area contributed by atoms with E-state index in [2.05, 4.69) is 31.8 Å². The normalized spacial score (nSPS) is 14.4. The minimum absolute atomic E-state index is 0.0895. The maximum atomic E-state index is 13.1. The second-order valence-corrected chi connectivity index (χ2v) is 9.64. The zero-order chi connectivity index (χ0) is 24.4. The van der Waals surface area contributed by atoms with Crippen molar-refractivity contribution in [3.63, 3.8) is 0 Å². The van der Waals surface area contributed by atoms with E-state index >= 15 is 0 Å². The van der Waals surface area contributed by atoms with Gasteiger partial charge in [-0.15, -0.1) is 0 Å². The summed E-state index contributed by atoms with van der Waals surface area (Å²) < 4.78 is 6.16. The molecule has 3 unspecified atom stereocenters. The van der Waals surface area contributed by atoms with Gasteiger partial charge in [-0.05, 0) is 47.3 Å². The van der Waals surface area contributed by atoms with Crippen LogP contribution in [0.1, 0.15) is 30.6 Å². The van der Waals surface area contributed by atoms with Crippen molar-refractivity contribution < 1.29 is 19.4 Å². The van der Waals surface area contributed by atoms with E-state index in [1.54, 1.807) is 6.07 Å². The average molecular weight is 491 g/mol. The largest absolute Gasteiger partial charge is 0.492 e. The molecule has 0 bridgehead atoms. The smallest absolute Gasteiger partial charge is 0.326 e. The summed E-state index contributed by atoms with van der Waals surface area (Å²) in [6.07, 6.45) is 6.21. The number of carboxylic acid groups (broad SMARTS) is 1. The van der Waals surface area contributed by atoms with Crippen molar-refractivity contribution in [2.45, 2.75) is 32.4 Å². The first kappa shape index (κ1) is 27.1. The summed E-state index contributed by atoms with van der Waals surface area (Å²) in [4.78, 5) is 24.8. The zero-order valence-corrected chi connectivity index (χ0v) is 21.1. The molecule has 4 N–H and O–H groups in total. The van der Waals surface area contributed by atoms with Crippen molar-refractivity contribution in [3.8, 4) is 5.75 Å². The third-order valence-corrected chi connectivity index (χ3v) is 6.48. The molecule has 33 heavy (non-hydrogen) atoms. The molecule has 2 aromatic rings. The van der Waals surface area contributed by atoms with Crippen LogP contribution >= 0.6 is 24.4 Å². The maximum absolute atomic E-state index is 13.1. The first-order valence-corrected chi connectivity index (χ1v) is 13.0. The SMILES string of the molecule is CSCCC(NC(=O)c1cc2ccccc2cc1OCC(/C=C/C(N)CS)C(C)C)C(=O)O. The number of carbonyl (C=O) groups is 2. The van der Waals surface area contributed by atoms with Crippen LogP contribution in [0.4, 0.5) is 0 Å². The molecule has 0 fully saturated rings. The number of carboxylic acids is 1. The van der Waals surface area contributed by atoms with Crippen LogP contribution in [-0.2, 0) is 4.79 Å². The number of benzene rings is 2. The van der Waals surface area contributed by atoms with Crippen molar-refractivity contribution in [1.29, 1.82) is 0 Å². The van der Waals surface area contributed by atoms with Crippen LogP contribution in [-0.4, -0.2) is 53.4 Å². The standard InChI is InChI=1S/C25H34N2O4S2/c1-16(2)19(8-9-20(26)15-32)14-31-23-13-18-7-5-4-6-17(18)12-21(23)24(28)27-22(25(29)30)10-11-33-3/h4-9,12-13,16,19-20,22,32H,10-11,14-15,26H2,1-3H3,(H,27,28)(H,29,30)/b9-8+. The third kappa shape index (κ3) is 8.28. The van der Waals surface area contributed by atoms with Crippen molar-refractivity contribution in [3.05, 3.63) is 54.1 Å². The quantitative estimate of drug-likeness (QED) is 0.247. The number of amides is 1. The highest BCUT2D eigenvalue weighted by Gasteiger charge is 2.23. The van der Waals surface area contributed by atoms with E-state index in [0.717, 1.165) is 10.8 Å². The Labute approximate surface area is 205 Å². The molecule has 0 aliphatic carbocycles. The summed E-state index contributed by atoms with van der Waals surface area (Å²) in [5.41, 5.74) is 6.28. The molecule has 0 aliphatic heterocycles. The predicted octanol–water partition coefficient (Wildman–Crippen LogP) is 4.24. The Hall–Kier alpha value is -2.16. The molecule has 6 nitrogen and oxygen atoms in total. The molecular formula is C25H34N2O4S2. The summed E-state index contributed by atoms with van der Waals surface area (Å²) in [5.74, 6) is 0.496. The molecule has 3 atom stereocenters. The minimum atomic E-state index is -1.05. The molecule has 0 radical (unpaired) electrons. The topological polar surface area (TPSA) is 102 Å². The highest BCUT2D eigenvalue weighted by atomic mass is 32.2. The van der Waals surface area contributed by atoms with Crippen molar-refractivity contribution in [2.75, 3.05) is 24.4 Å². The van der Waals surface area contributed by atoms with Crippen LogP contribution in [0.3, 0.4) is 0 Å². The molecule has 180 valence electrons. The lowest BCUT2D eigenvalue weighted by molar-refractivity contribution is -0.139. The molecule has 0 saturated heterocycles. The summed E-state index contributed by atoms with van der Waals surface area (Å²) in [6, 6.07) is 10.2. The minimum Gasteiger partial charge on any atom is -0.492 e. The van der Waals surface area contributed by atoms with Gasteiger partial charge in [0, 0.05) is 17.7 Å². The Bertz CT molecular complexity index is 965. The number of aliphatic carboxylic acids is 1. The van der Waals surface area contributed by atoms with E-state index in [1.165, 1.54) is 11.8 Å². The number of thioether (sulfide) groups is 1. The Morgan fingerprint density at radius 1 is 1.21 bits per heavy atom. The lowest BCUT2D eigenvalue weighted by Gasteiger charge is -2.21. The molecule has 2 aromatic carbocycles. The van der Waals surface area contributed by atoms with Crippen LogP contribution in [0.25, 0.3) is 10.8 Å². The Morgan fingerprint density at radius 2 is 1.88 bits per heavy atom. The second-order valence-electron chi connectivity index (χ2n) is 8.29. The predicted molar refractivity (Wildman–Crippen MR) is 141 cm³/mol. The molecule has 0 aromatic heterocycles. The number of nitrogens with one attached hydrogen (secondary N) is 1.